The highest BCUT2D eigenvalue weighted by Gasteiger charge is 2.27. The average Bonchev–Trinajstić information content (AvgIpc) is 2.78. The van der Waals surface area contributed by atoms with Gasteiger partial charge >= 0.3 is 0 Å². The van der Waals surface area contributed by atoms with Crippen LogP contribution >= 0.6 is 0 Å². The molecule has 0 radical (unpaired) electrons. The molecule has 2 heterocycles. The van der Waals surface area contributed by atoms with Gasteiger partial charge in [-0.05, 0) is 54.3 Å². The number of hydrogen-bond acceptors (Lipinski definition) is 5. The molecule has 4 rings (SSSR count). The minimum atomic E-state index is -3.53. The number of fused-ring (bicyclic) bond motifs is 2. The Morgan fingerprint density at radius 3 is 2.52 bits per heavy atom. The lowest BCUT2D eigenvalue weighted by Gasteiger charge is -2.30. The summed E-state index contributed by atoms with van der Waals surface area (Å²) in [4.78, 5) is 15.2. The molecule has 0 saturated heterocycles. The Balaban J connectivity index is 1.56. The first-order chi connectivity index (χ1) is 14.9. The van der Waals surface area contributed by atoms with E-state index in [0.717, 1.165) is 29.7 Å². The van der Waals surface area contributed by atoms with Crippen LogP contribution in [0.3, 0.4) is 0 Å². The number of carbonyl (C=O) groups excluding carboxylic acids is 1. The lowest BCUT2D eigenvalue weighted by Crippen LogP contribution is -2.37. The molecule has 2 aliphatic rings. The van der Waals surface area contributed by atoms with Crippen molar-refractivity contribution in [2.45, 2.75) is 38.0 Å². The molecule has 0 aliphatic carbocycles. The Kier molecular flexibility index (Phi) is 6.20. The van der Waals surface area contributed by atoms with Crippen molar-refractivity contribution in [2.75, 3.05) is 37.7 Å². The van der Waals surface area contributed by atoms with E-state index >= 15 is 0 Å². The molecule has 2 aromatic rings. The third kappa shape index (κ3) is 4.27. The van der Waals surface area contributed by atoms with Gasteiger partial charge in [-0.15, -0.1) is 0 Å². The molecule has 166 valence electrons. The molecule has 0 bridgehead atoms. The molecule has 0 unspecified atom stereocenters. The molecule has 1 amide bonds. The van der Waals surface area contributed by atoms with Crippen LogP contribution in [0.2, 0.25) is 0 Å². The number of aryl methyl sites for hydroxylation is 1. The zero-order valence-electron chi connectivity index (χ0n) is 18.0. The minimum absolute atomic E-state index is 0.0167. The fourth-order valence-corrected chi connectivity index (χ4v) is 5.68. The van der Waals surface area contributed by atoms with Crippen LogP contribution in [-0.2, 0) is 27.7 Å². The minimum Gasteiger partial charge on any atom is -0.486 e. The zero-order valence-corrected chi connectivity index (χ0v) is 18.8. The van der Waals surface area contributed by atoms with Crippen LogP contribution in [0.4, 0.5) is 5.69 Å². The first kappa shape index (κ1) is 21.6. The second kappa shape index (κ2) is 8.88. The van der Waals surface area contributed by atoms with E-state index in [2.05, 4.69) is 0 Å². The quantitative estimate of drug-likeness (QED) is 0.685. The molecule has 0 N–H and O–H groups in total. The number of benzene rings is 2. The first-order valence-electron chi connectivity index (χ1n) is 10.8. The third-order valence-electron chi connectivity index (χ3n) is 5.78. The maximum Gasteiger partial charge on any atom is 0.243 e. The molecule has 8 heteroatoms. The van der Waals surface area contributed by atoms with Gasteiger partial charge in [0.15, 0.2) is 11.5 Å². The SMILES string of the molecule is CCN(CC)S(=O)(=O)c1ccc2c(c1)CCCN2C(=O)Cc1ccc2c(c1)OCCO2. The van der Waals surface area contributed by atoms with Gasteiger partial charge in [-0.25, -0.2) is 8.42 Å². The molecule has 2 aliphatic heterocycles. The summed E-state index contributed by atoms with van der Waals surface area (Å²) in [7, 11) is -3.53. The number of nitrogens with zero attached hydrogens (tertiary/aromatic N) is 2. The summed E-state index contributed by atoms with van der Waals surface area (Å²) in [5, 5.41) is 0. The van der Waals surface area contributed by atoms with Gasteiger partial charge < -0.3 is 14.4 Å². The van der Waals surface area contributed by atoms with Crippen LogP contribution in [0.25, 0.3) is 0 Å². The van der Waals surface area contributed by atoms with Gasteiger partial charge in [-0.1, -0.05) is 19.9 Å². The van der Waals surface area contributed by atoms with E-state index < -0.39 is 10.0 Å². The fraction of sp³-hybridized carbons (Fsp3) is 0.435. The highest BCUT2D eigenvalue weighted by atomic mass is 32.2. The van der Waals surface area contributed by atoms with E-state index in [9.17, 15) is 13.2 Å². The predicted octanol–water partition coefficient (Wildman–Crippen LogP) is 3.01. The highest BCUT2D eigenvalue weighted by molar-refractivity contribution is 7.89. The predicted molar refractivity (Wildman–Crippen MR) is 118 cm³/mol. The Morgan fingerprint density at radius 1 is 1.03 bits per heavy atom. The van der Waals surface area contributed by atoms with Crippen LogP contribution in [0.15, 0.2) is 41.3 Å². The van der Waals surface area contributed by atoms with Crippen molar-refractivity contribution in [2.24, 2.45) is 0 Å². The van der Waals surface area contributed by atoms with Gasteiger partial charge in [-0.3, -0.25) is 4.79 Å². The second-order valence-corrected chi connectivity index (χ2v) is 9.62. The summed E-state index contributed by atoms with van der Waals surface area (Å²) in [5.74, 6) is 1.35. The smallest absolute Gasteiger partial charge is 0.243 e. The summed E-state index contributed by atoms with van der Waals surface area (Å²) < 4.78 is 38.4. The average molecular weight is 445 g/mol. The molecular weight excluding hydrogens is 416 g/mol. The van der Waals surface area contributed by atoms with Crippen molar-refractivity contribution in [3.05, 3.63) is 47.5 Å². The van der Waals surface area contributed by atoms with Crippen LogP contribution in [0.1, 0.15) is 31.4 Å². The van der Waals surface area contributed by atoms with Gasteiger partial charge in [0.2, 0.25) is 15.9 Å². The van der Waals surface area contributed by atoms with Crippen molar-refractivity contribution in [3.8, 4) is 11.5 Å². The van der Waals surface area contributed by atoms with Crippen LogP contribution in [0, 0.1) is 0 Å². The third-order valence-corrected chi connectivity index (χ3v) is 7.82. The Morgan fingerprint density at radius 2 is 1.77 bits per heavy atom. The number of ether oxygens (including phenoxy) is 2. The Hall–Kier alpha value is -2.58. The summed E-state index contributed by atoms with van der Waals surface area (Å²) in [6.07, 6.45) is 1.80. The van der Waals surface area contributed by atoms with Crippen molar-refractivity contribution < 1.29 is 22.7 Å². The standard InChI is InChI=1S/C23H28N2O5S/c1-3-24(4-2)31(27,28)19-8-9-20-18(16-19)6-5-11-25(20)23(26)15-17-7-10-21-22(14-17)30-13-12-29-21/h7-10,14,16H,3-6,11-13,15H2,1-2H3. The molecular formula is C23H28N2O5S. The molecule has 0 atom stereocenters. The van der Waals surface area contributed by atoms with E-state index in [4.69, 9.17) is 9.47 Å². The van der Waals surface area contributed by atoms with Crippen LogP contribution in [0.5, 0.6) is 11.5 Å². The van der Waals surface area contributed by atoms with Crippen LogP contribution < -0.4 is 14.4 Å². The maximum absolute atomic E-state index is 13.1. The molecule has 0 spiro atoms. The van der Waals surface area contributed by atoms with E-state index in [1.807, 2.05) is 32.0 Å². The summed E-state index contributed by atoms with van der Waals surface area (Å²) in [6.45, 7) is 6.17. The van der Waals surface area contributed by atoms with Gasteiger partial charge in [0.1, 0.15) is 13.2 Å². The van der Waals surface area contributed by atoms with Gasteiger partial charge in [0, 0.05) is 25.3 Å². The maximum atomic E-state index is 13.1. The number of anilines is 1. The normalized spacial score (nSPS) is 15.6. The van der Waals surface area contributed by atoms with Crippen LogP contribution in [-0.4, -0.2) is 51.5 Å². The lowest BCUT2D eigenvalue weighted by atomic mass is 10.0. The fourth-order valence-electron chi connectivity index (χ4n) is 4.17. The molecule has 31 heavy (non-hydrogen) atoms. The largest absolute Gasteiger partial charge is 0.486 e. The Labute approximate surface area is 183 Å². The topological polar surface area (TPSA) is 76.2 Å². The van der Waals surface area contributed by atoms with Gasteiger partial charge in [0.25, 0.3) is 0 Å². The van der Waals surface area contributed by atoms with Crippen molar-refractivity contribution in [3.63, 3.8) is 0 Å². The number of hydrogen-bond donors (Lipinski definition) is 0. The Bertz CT molecular complexity index is 1080. The zero-order chi connectivity index (χ0) is 22.0. The highest BCUT2D eigenvalue weighted by Crippen LogP contribution is 2.33. The summed E-state index contributed by atoms with van der Waals surface area (Å²) in [6, 6.07) is 10.7. The number of rotatable bonds is 6. The molecule has 7 nitrogen and oxygen atoms in total. The monoisotopic (exact) mass is 444 g/mol. The van der Waals surface area contributed by atoms with Crippen molar-refractivity contribution >= 4 is 21.6 Å². The number of carbonyl (C=O) groups is 1. The molecule has 2 aromatic carbocycles. The van der Waals surface area contributed by atoms with Crippen molar-refractivity contribution in [1.82, 2.24) is 4.31 Å². The van der Waals surface area contributed by atoms with Gasteiger partial charge in [0.05, 0.1) is 11.3 Å². The molecule has 0 saturated carbocycles. The molecule has 0 aromatic heterocycles. The number of sulfonamides is 1. The van der Waals surface area contributed by atoms with Crippen molar-refractivity contribution in [1.29, 1.82) is 0 Å². The first-order valence-corrected chi connectivity index (χ1v) is 12.2. The summed E-state index contributed by atoms with van der Waals surface area (Å²) >= 11 is 0. The van der Waals surface area contributed by atoms with Gasteiger partial charge in [-0.2, -0.15) is 4.31 Å². The van der Waals surface area contributed by atoms with E-state index in [1.54, 1.807) is 23.1 Å². The summed E-state index contributed by atoms with van der Waals surface area (Å²) in [5.41, 5.74) is 2.56. The van der Waals surface area contributed by atoms with E-state index in [1.165, 1.54) is 4.31 Å². The lowest BCUT2D eigenvalue weighted by molar-refractivity contribution is -0.118. The second-order valence-electron chi connectivity index (χ2n) is 7.68. The van der Waals surface area contributed by atoms with E-state index in [-0.39, 0.29) is 17.2 Å². The molecule has 0 fully saturated rings. The van der Waals surface area contributed by atoms with E-state index in [0.29, 0.717) is 44.3 Å². The number of amides is 1.